The quantitative estimate of drug-likeness (QED) is 0.375. The highest BCUT2D eigenvalue weighted by atomic mass is 32.1. The predicted molar refractivity (Wildman–Crippen MR) is 145 cm³/mol. The van der Waals surface area contributed by atoms with Gasteiger partial charge in [0.15, 0.2) is 10.7 Å². The Hall–Kier alpha value is -3.66. The number of methoxy groups -OCH3 is 1. The highest BCUT2D eigenvalue weighted by Gasteiger charge is 2.21. The van der Waals surface area contributed by atoms with Crippen molar-refractivity contribution in [2.45, 2.75) is 19.4 Å². The van der Waals surface area contributed by atoms with E-state index in [0.29, 0.717) is 5.76 Å². The second kappa shape index (κ2) is 10.4. The van der Waals surface area contributed by atoms with Crippen molar-refractivity contribution in [1.29, 1.82) is 0 Å². The summed E-state index contributed by atoms with van der Waals surface area (Å²) in [6, 6.07) is 11.1. The van der Waals surface area contributed by atoms with Crippen LogP contribution in [0.4, 0.5) is 0 Å². The molecule has 2 N–H and O–H groups in total. The van der Waals surface area contributed by atoms with Crippen molar-refractivity contribution in [3.05, 3.63) is 83.0 Å². The number of benzene rings is 1. The summed E-state index contributed by atoms with van der Waals surface area (Å²) < 4.78 is 13.3. The van der Waals surface area contributed by atoms with Gasteiger partial charge in [0.2, 0.25) is 0 Å². The van der Waals surface area contributed by atoms with Crippen molar-refractivity contribution in [2.24, 2.45) is 0 Å². The van der Waals surface area contributed by atoms with E-state index < -0.39 is 0 Å². The lowest BCUT2D eigenvalue weighted by molar-refractivity contribution is 0.0941. The minimum Gasteiger partial charge on any atom is -0.497 e. The van der Waals surface area contributed by atoms with Crippen LogP contribution in [0.2, 0.25) is 0 Å². The molecule has 0 radical (unpaired) electrons. The molecule has 1 aromatic carbocycles. The average Bonchev–Trinajstić information content (AvgIpc) is 3.67. The van der Waals surface area contributed by atoms with Gasteiger partial charge in [-0.3, -0.25) is 14.1 Å². The number of nitrogens with one attached hydrogen (secondary N) is 2. The maximum Gasteiger partial charge on any atom is 0.291 e. The van der Waals surface area contributed by atoms with E-state index in [1.807, 2.05) is 30.3 Å². The number of aromatic nitrogens is 2. The Balaban J connectivity index is 1.18. The topological polar surface area (TPSA) is 84.0 Å². The summed E-state index contributed by atoms with van der Waals surface area (Å²) in [4.78, 5) is 21.4. The van der Waals surface area contributed by atoms with Crippen molar-refractivity contribution < 1.29 is 13.9 Å². The van der Waals surface area contributed by atoms with Gasteiger partial charge in [-0.1, -0.05) is 12.2 Å². The van der Waals surface area contributed by atoms with Crippen LogP contribution in [0.5, 0.6) is 5.75 Å². The molecule has 9 heteroatoms. The molecule has 0 atom stereocenters. The molecule has 0 spiro atoms. The third-order valence-electron chi connectivity index (χ3n) is 6.76. The van der Waals surface area contributed by atoms with Crippen molar-refractivity contribution in [2.75, 3.05) is 33.3 Å². The number of piperazine rings is 1. The second-order valence-corrected chi connectivity index (χ2v) is 10.0. The van der Waals surface area contributed by atoms with Gasteiger partial charge < -0.3 is 19.8 Å². The lowest BCUT2D eigenvalue weighted by atomic mass is 10.0. The van der Waals surface area contributed by atoms with E-state index in [1.54, 1.807) is 24.5 Å². The van der Waals surface area contributed by atoms with Crippen LogP contribution in [0.1, 0.15) is 34.8 Å². The summed E-state index contributed by atoms with van der Waals surface area (Å²) >= 11 is 1.65. The first-order chi connectivity index (χ1) is 18.2. The standard InChI is InChI=1S/C28H29N5O3S/c1-35-21-8-6-19(7-9-21)25-10-11-26(36-25)27(34)30-23-5-3-2-4-22(23)24-17-33-20(18-37-28(33)31-24)16-32-14-12-29-13-15-32/h4-11,17-18,29H,2-3,12-16H2,1H3,(H,30,34). The third-order valence-corrected chi connectivity index (χ3v) is 7.65. The fourth-order valence-electron chi connectivity index (χ4n) is 4.76. The number of hydrogen-bond donors (Lipinski definition) is 2. The summed E-state index contributed by atoms with van der Waals surface area (Å²) in [5, 5.41) is 8.66. The monoisotopic (exact) mass is 515 g/mol. The van der Waals surface area contributed by atoms with Gasteiger partial charge in [0.05, 0.1) is 12.8 Å². The third kappa shape index (κ3) is 4.98. The maximum absolute atomic E-state index is 13.1. The highest BCUT2D eigenvalue weighted by Crippen LogP contribution is 2.30. The molecule has 3 aromatic heterocycles. The van der Waals surface area contributed by atoms with Gasteiger partial charge in [-0.25, -0.2) is 4.98 Å². The number of furan rings is 1. The van der Waals surface area contributed by atoms with Crippen LogP contribution in [-0.4, -0.2) is 53.5 Å². The first kappa shape index (κ1) is 23.7. The summed E-state index contributed by atoms with van der Waals surface area (Å²) in [7, 11) is 1.63. The van der Waals surface area contributed by atoms with Crippen molar-refractivity contribution in [3.8, 4) is 17.1 Å². The molecule has 4 heterocycles. The van der Waals surface area contributed by atoms with E-state index in [9.17, 15) is 4.79 Å². The molecule has 0 bridgehead atoms. The molecule has 0 saturated carbocycles. The number of carbonyl (C=O) groups is 1. The van der Waals surface area contributed by atoms with E-state index in [-0.39, 0.29) is 11.7 Å². The first-order valence-electron chi connectivity index (χ1n) is 12.5. The van der Waals surface area contributed by atoms with Gasteiger partial charge in [0.25, 0.3) is 5.91 Å². The van der Waals surface area contributed by atoms with Gasteiger partial charge >= 0.3 is 0 Å². The first-order valence-corrected chi connectivity index (χ1v) is 13.4. The molecule has 0 unspecified atom stereocenters. The molecule has 1 aliphatic carbocycles. The largest absolute Gasteiger partial charge is 0.497 e. The zero-order chi connectivity index (χ0) is 25.2. The molecule has 37 heavy (non-hydrogen) atoms. The molecule has 8 nitrogen and oxygen atoms in total. The van der Waals surface area contributed by atoms with Crippen LogP contribution in [-0.2, 0) is 6.54 Å². The normalized spacial score (nSPS) is 16.5. The van der Waals surface area contributed by atoms with Crippen molar-refractivity contribution in [3.63, 3.8) is 0 Å². The Labute approximate surface area is 219 Å². The van der Waals surface area contributed by atoms with E-state index in [2.05, 4.69) is 43.7 Å². The van der Waals surface area contributed by atoms with Crippen LogP contribution >= 0.6 is 11.3 Å². The number of rotatable bonds is 7. The van der Waals surface area contributed by atoms with Crippen LogP contribution < -0.4 is 15.4 Å². The van der Waals surface area contributed by atoms with Crippen molar-refractivity contribution in [1.82, 2.24) is 24.9 Å². The molecule has 6 rings (SSSR count). The smallest absolute Gasteiger partial charge is 0.291 e. The number of fused-ring (bicyclic) bond motifs is 1. The molecule has 190 valence electrons. The van der Waals surface area contributed by atoms with Gasteiger partial charge in [0.1, 0.15) is 11.5 Å². The summed E-state index contributed by atoms with van der Waals surface area (Å²) in [5.41, 5.74) is 4.72. The van der Waals surface area contributed by atoms with Gasteiger partial charge in [-0.2, -0.15) is 0 Å². The Morgan fingerprint density at radius 3 is 2.76 bits per heavy atom. The van der Waals surface area contributed by atoms with E-state index in [1.165, 1.54) is 5.69 Å². The van der Waals surface area contributed by atoms with Crippen LogP contribution in [0.3, 0.4) is 0 Å². The fraction of sp³-hybridized carbons (Fsp3) is 0.286. The van der Waals surface area contributed by atoms with Crippen LogP contribution in [0.25, 0.3) is 21.9 Å². The van der Waals surface area contributed by atoms with E-state index in [0.717, 1.165) is 78.8 Å². The second-order valence-electron chi connectivity index (χ2n) is 9.19. The summed E-state index contributed by atoms with van der Waals surface area (Å²) in [5.74, 6) is 1.39. The van der Waals surface area contributed by atoms with E-state index >= 15 is 0 Å². The SMILES string of the molecule is COc1ccc(-c2ccc(C(=O)NC3=CCCC=C3c3cn4c(CN5CCNCC5)csc4n3)o2)cc1. The molecule has 2 aliphatic rings. The summed E-state index contributed by atoms with van der Waals surface area (Å²) in [6.45, 7) is 5.07. The summed E-state index contributed by atoms with van der Waals surface area (Å²) in [6.07, 6.45) is 8.09. The number of ether oxygens (including phenoxy) is 1. The number of amides is 1. The molecular weight excluding hydrogens is 486 g/mol. The zero-order valence-electron chi connectivity index (χ0n) is 20.7. The Bertz CT molecular complexity index is 1470. The molecule has 1 aliphatic heterocycles. The van der Waals surface area contributed by atoms with E-state index in [4.69, 9.17) is 14.1 Å². The molecular formula is C28H29N5O3S. The predicted octanol–water partition coefficient (Wildman–Crippen LogP) is 4.56. The molecule has 1 amide bonds. The van der Waals surface area contributed by atoms with Gasteiger partial charge in [-0.05, 0) is 49.2 Å². The fourth-order valence-corrected chi connectivity index (χ4v) is 5.63. The van der Waals surface area contributed by atoms with Crippen molar-refractivity contribution >= 4 is 27.8 Å². The molecule has 4 aromatic rings. The number of carbonyl (C=O) groups excluding carboxylic acids is 1. The highest BCUT2D eigenvalue weighted by molar-refractivity contribution is 7.15. The maximum atomic E-state index is 13.1. The Morgan fingerprint density at radius 2 is 1.95 bits per heavy atom. The van der Waals surface area contributed by atoms with Crippen LogP contribution in [0, 0.1) is 0 Å². The van der Waals surface area contributed by atoms with Gasteiger partial charge in [0, 0.05) is 66.8 Å². The molecule has 1 fully saturated rings. The lowest BCUT2D eigenvalue weighted by Gasteiger charge is -2.26. The zero-order valence-corrected chi connectivity index (χ0v) is 21.5. The van der Waals surface area contributed by atoms with Gasteiger partial charge in [-0.15, -0.1) is 11.3 Å². The average molecular weight is 516 g/mol. The van der Waals surface area contributed by atoms with Crippen LogP contribution in [0.15, 0.2) is 70.2 Å². The number of thiazole rings is 1. The number of nitrogens with zero attached hydrogens (tertiary/aromatic N) is 3. The number of allylic oxidation sites excluding steroid dienone is 3. The minimum absolute atomic E-state index is 0.265. The Kier molecular flexibility index (Phi) is 6.65. The Morgan fingerprint density at radius 1 is 1.14 bits per heavy atom. The lowest BCUT2D eigenvalue weighted by Crippen LogP contribution is -2.43. The minimum atomic E-state index is -0.278. The molecule has 1 saturated heterocycles. The number of imidazole rings is 1. The number of hydrogen-bond acceptors (Lipinski definition) is 7.